The first kappa shape index (κ1) is 19.7. The fourth-order valence-corrected chi connectivity index (χ4v) is 3.14. The molecule has 1 N–H and O–H groups in total. The van der Waals surface area contributed by atoms with E-state index in [1.54, 1.807) is 0 Å². The van der Waals surface area contributed by atoms with Gasteiger partial charge in [-0.25, -0.2) is 0 Å². The second kappa shape index (κ2) is 9.10. The average molecular weight is 319 g/mol. The fourth-order valence-electron chi connectivity index (χ4n) is 3.14. The molecular weight excluding hydrogens is 284 g/mol. The van der Waals surface area contributed by atoms with Crippen LogP contribution in [0.15, 0.2) is 12.1 Å². The Kier molecular flexibility index (Phi) is 7.81. The highest BCUT2D eigenvalue weighted by Crippen LogP contribution is 2.30. The lowest BCUT2D eigenvalue weighted by Crippen LogP contribution is -2.09. The summed E-state index contributed by atoms with van der Waals surface area (Å²) < 4.78 is 0. The topological polar surface area (TPSA) is 37.3 Å². The number of rotatable bonds is 9. The Morgan fingerprint density at radius 1 is 1.00 bits per heavy atom. The number of carbonyl (C=O) groups is 1. The summed E-state index contributed by atoms with van der Waals surface area (Å²) in [6.07, 6.45) is 4.41. The number of carbonyl (C=O) groups excluding carboxylic acids is 1. The van der Waals surface area contributed by atoms with Crippen LogP contribution in [0.2, 0.25) is 0 Å². The van der Waals surface area contributed by atoms with Gasteiger partial charge in [0.15, 0.2) is 5.78 Å². The Morgan fingerprint density at radius 3 is 1.87 bits per heavy atom. The second-order valence-corrected chi connectivity index (χ2v) is 7.86. The molecule has 0 spiro atoms. The largest absolute Gasteiger partial charge is 0.507 e. The fraction of sp³-hybridized carbons (Fsp3) is 0.667. The normalized spacial score (nSPS) is 12.9. The van der Waals surface area contributed by atoms with Gasteiger partial charge in [0.1, 0.15) is 5.75 Å². The lowest BCUT2D eigenvalue weighted by atomic mass is 9.89. The summed E-state index contributed by atoms with van der Waals surface area (Å²) in [7, 11) is 0. The van der Waals surface area contributed by atoms with Gasteiger partial charge >= 0.3 is 0 Å². The number of benzene rings is 1. The summed E-state index contributed by atoms with van der Waals surface area (Å²) >= 11 is 0. The number of phenols is 1. The lowest BCUT2D eigenvalue weighted by Gasteiger charge is -2.16. The average Bonchev–Trinajstić information content (AvgIpc) is 2.42. The second-order valence-electron chi connectivity index (χ2n) is 7.86. The van der Waals surface area contributed by atoms with E-state index in [1.165, 1.54) is 0 Å². The molecule has 2 heteroatoms. The monoisotopic (exact) mass is 318 g/mol. The van der Waals surface area contributed by atoms with Crippen LogP contribution in [0.5, 0.6) is 5.75 Å². The zero-order valence-electron chi connectivity index (χ0n) is 15.8. The SMILES string of the molecule is CCC[C@@H](C)CC(=O)c1cc(CC(C)C)c(O)c(CC(C)C)c1. The maximum absolute atomic E-state index is 12.6. The molecule has 0 aliphatic rings. The Labute approximate surface area is 142 Å². The van der Waals surface area contributed by atoms with Crippen LogP contribution in [-0.4, -0.2) is 10.9 Å². The number of hydrogen-bond donors (Lipinski definition) is 1. The minimum atomic E-state index is 0.209. The number of phenolic OH excluding ortho intramolecular Hbond substituents is 1. The molecular formula is C21H34O2. The molecule has 1 rings (SSSR count). The minimum Gasteiger partial charge on any atom is -0.507 e. The molecule has 0 aliphatic carbocycles. The van der Waals surface area contributed by atoms with Gasteiger partial charge in [0.2, 0.25) is 0 Å². The molecule has 0 bridgehead atoms. The van der Waals surface area contributed by atoms with Crippen LogP contribution in [-0.2, 0) is 12.8 Å². The molecule has 0 heterocycles. The van der Waals surface area contributed by atoms with Gasteiger partial charge in [-0.15, -0.1) is 0 Å². The zero-order chi connectivity index (χ0) is 17.6. The molecule has 0 saturated heterocycles. The molecule has 0 amide bonds. The van der Waals surface area contributed by atoms with Gasteiger partial charge in [0, 0.05) is 12.0 Å². The molecule has 1 aromatic rings. The molecule has 0 saturated carbocycles. The van der Waals surface area contributed by atoms with Crippen molar-refractivity contribution in [2.75, 3.05) is 0 Å². The number of hydrogen-bond acceptors (Lipinski definition) is 2. The van der Waals surface area contributed by atoms with Crippen molar-refractivity contribution in [3.8, 4) is 5.75 Å². The van der Waals surface area contributed by atoms with Crippen molar-refractivity contribution in [3.05, 3.63) is 28.8 Å². The Morgan fingerprint density at radius 2 is 1.48 bits per heavy atom. The first-order valence-corrected chi connectivity index (χ1v) is 9.12. The first-order valence-electron chi connectivity index (χ1n) is 9.12. The van der Waals surface area contributed by atoms with Crippen molar-refractivity contribution >= 4 is 5.78 Å². The minimum absolute atomic E-state index is 0.209. The van der Waals surface area contributed by atoms with Crippen molar-refractivity contribution in [2.45, 2.75) is 73.6 Å². The van der Waals surface area contributed by atoms with E-state index in [0.717, 1.165) is 42.4 Å². The van der Waals surface area contributed by atoms with Crippen molar-refractivity contribution in [2.24, 2.45) is 17.8 Å². The molecule has 0 aliphatic heterocycles. The van der Waals surface area contributed by atoms with Gasteiger partial charge in [-0.1, -0.05) is 54.4 Å². The van der Waals surface area contributed by atoms with Gasteiger partial charge in [0.05, 0.1) is 0 Å². The summed E-state index contributed by atoms with van der Waals surface area (Å²) in [5, 5.41) is 10.5. The maximum atomic E-state index is 12.6. The summed E-state index contributed by atoms with van der Waals surface area (Å²) in [4.78, 5) is 12.6. The maximum Gasteiger partial charge on any atom is 0.163 e. The third-order valence-corrected chi connectivity index (χ3v) is 4.16. The third-order valence-electron chi connectivity index (χ3n) is 4.16. The number of Topliss-reactive ketones (excluding diaryl/α,β-unsaturated/α-hetero) is 1. The first-order chi connectivity index (χ1) is 10.7. The van der Waals surface area contributed by atoms with Gasteiger partial charge in [-0.3, -0.25) is 4.79 Å². The van der Waals surface area contributed by atoms with Crippen molar-refractivity contribution in [1.29, 1.82) is 0 Å². The van der Waals surface area contributed by atoms with Crippen molar-refractivity contribution < 1.29 is 9.90 Å². The molecule has 2 nitrogen and oxygen atoms in total. The third kappa shape index (κ3) is 6.37. The van der Waals surface area contributed by atoms with Crippen LogP contribution in [0, 0.1) is 17.8 Å². The van der Waals surface area contributed by atoms with E-state index < -0.39 is 0 Å². The highest BCUT2D eigenvalue weighted by atomic mass is 16.3. The van der Waals surface area contributed by atoms with Crippen molar-refractivity contribution in [1.82, 2.24) is 0 Å². The summed E-state index contributed by atoms with van der Waals surface area (Å²) in [5.74, 6) is 1.93. The molecule has 130 valence electrons. The number of ketones is 1. The zero-order valence-corrected chi connectivity index (χ0v) is 15.8. The molecule has 1 aromatic carbocycles. The summed E-state index contributed by atoms with van der Waals surface area (Å²) in [5.41, 5.74) is 2.62. The van der Waals surface area contributed by atoms with Crippen LogP contribution >= 0.6 is 0 Å². The van der Waals surface area contributed by atoms with Crippen LogP contribution < -0.4 is 0 Å². The molecule has 1 atom stereocenters. The van der Waals surface area contributed by atoms with E-state index in [2.05, 4.69) is 41.5 Å². The highest BCUT2D eigenvalue weighted by Gasteiger charge is 2.17. The van der Waals surface area contributed by atoms with Crippen LogP contribution in [0.25, 0.3) is 0 Å². The quantitative estimate of drug-likeness (QED) is 0.584. The van der Waals surface area contributed by atoms with Crippen LogP contribution in [0.3, 0.4) is 0 Å². The van der Waals surface area contributed by atoms with Gasteiger partial charge in [-0.05, 0) is 53.9 Å². The van der Waals surface area contributed by atoms with E-state index in [-0.39, 0.29) is 5.78 Å². The molecule has 23 heavy (non-hydrogen) atoms. The smallest absolute Gasteiger partial charge is 0.163 e. The van der Waals surface area contributed by atoms with Crippen molar-refractivity contribution in [3.63, 3.8) is 0 Å². The lowest BCUT2D eigenvalue weighted by molar-refractivity contribution is 0.0962. The molecule has 0 unspecified atom stereocenters. The Hall–Kier alpha value is -1.31. The summed E-state index contributed by atoms with van der Waals surface area (Å²) in [6.45, 7) is 12.9. The van der Waals surface area contributed by atoms with E-state index in [4.69, 9.17) is 0 Å². The predicted molar refractivity (Wildman–Crippen MR) is 98.2 cm³/mol. The van der Waals surface area contributed by atoms with E-state index in [9.17, 15) is 9.90 Å². The molecule has 0 aromatic heterocycles. The van der Waals surface area contributed by atoms with E-state index >= 15 is 0 Å². The highest BCUT2D eigenvalue weighted by molar-refractivity contribution is 5.96. The predicted octanol–water partition coefficient (Wildman–Crippen LogP) is 5.80. The van der Waals surface area contributed by atoms with E-state index in [0.29, 0.717) is 29.9 Å². The van der Waals surface area contributed by atoms with Gasteiger partial charge in [0.25, 0.3) is 0 Å². The van der Waals surface area contributed by atoms with Gasteiger partial charge in [-0.2, -0.15) is 0 Å². The molecule has 0 fully saturated rings. The Bertz CT molecular complexity index is 484. The Balaban J connectivity index is 3.12. The van der Waals surface area contributed by atoms with Gasteiger partial charge < -0.3 is 5.11 Å². The molecule has 0 radical (unpaired) electrons. The number of aromatic hydroxyl groups is 1. The van der Waals surface area contributed by atoms with Crippen LogP contribution in [0.1, 0.15) is 82.3 Å². The standard InChI is InChI=1S/C21H34O2/c1-7-8-16(6)11-20(22)17-12-18(9-14(2)3)21(23)19(13-17)10-15(4)5/h12-16,23H,7-11H2,1-6H3/t16-/m1/s1. The summed E-state index contributed by atoms with van der Waals surface area (Å²) in [6, 6.07) is 3.83. The van der Waals surface area contributed by atoms with E-state index in [1.807, 2.05) is 12.1 Å². The van der Waals surface area contributed by atoms with Crippen LogP contribution in [0.4, 0.5) is 0 Å².